The zero-order valence-electron chi connectivity index (χ0n) is 11.0. The van der Waals surface area contributed by atoms with Crippen molar-refractivity contribution < 1.29 is 14.3 Å². The standard InChI is InChI=1S/C13H23NO3/c1-4-5-6-7-8-17-13(16)11(10(2)3)9-12(14)15/h9-10H,4-8H2,1-3H3,(H2,14,15)/b11-9-. The van der Waals surface area contributed by atoms with E-state index in [-0.39, 0.29) is 5.92 Å². The van der Waals surface area contributed by atoms with Crippen LogP contribution < -0.4 is 5.73 Å². The highest BCUT2D eigenvalue weighted by molar-refractivity contribution is 5.98. The summed E-state index contributed by atoms with van der Waals surface area (Å²) in [5.41, 5.74) is 5.38. The van der Waals surface area contributed by atoms with Crippen LogP contribution in [0.5, 0.6) is 0 Å². The molecule has 98 valence electrons. The maximum Gasteiger partial charge on any atom is 0.334 e. The maximum absolute atomic E-state index is 11.7. The average Bonchev–Trinajstić information content (AvgIpc) is 2.24. The number of hydrogen-bond acceptors (Lipinski definition) is 3. The summed E-state index contributed by atoms with van der Waals surface area (Å²) in [5.74, 6) is -1.11. The summed E-state index contributed by atoms with van der Waals surface area (Å²) in [4.78, 5) is 22.4. The summed E-state index contributed by atoms with van der Waals surface area (Å²) in [5, 5.41) is 0. The number of rotatable bonds is 8. The molecule has 0 fully saturated rings. The third-order valence-corrected chi connectivity index (χ3v) is 2.39. The third-order valence-electron chi connectivity index (χ3n) is 2.39. The molecule has 4 heteroatoms. The van der Waals surface area contributed by atoms with Crippen molar-refractivity contribution in [2.45, 2.75) is 46.5 Å². The molecule has 0 unspecified atom stereocenters. The monoisotopic (exact) mass is 241 g/mol. The Morgan fingerprint density at radius 2 is 1.88 bits per heavy atom. The highest BCUT2D eigenvalue weighted by Crippen LogP contribution is 2.11. The fraction of sp³-hybridized carbons (Fsp3) is 0.692. The molecule has 0 bridgehead atoms. The molecule has 0 aliphatic rings. The number of unbranched alkanes of at least 4 members (excludes halogenated alkanes) is 3. The lowest BCUT2D eigenvalue weighted by Crippen LogP contribution is -2.17. The second-order valence-corrected chi connectivity index (χ2v) is 4.35. The summed E-state index contributed by atoms with van der Waals surface area (Å²) < 4.78 is 5.10. The molecule has 0 aliphatic heterocycles. The van der Waals surface area contributed by atoms with E-state index < -0.39 is 11.9 Å². The number of carbonyl (C=O) groups is 2. The van der Waals surface area contributed by atoms with Gasteiger partial charge in [-0.1, -0.05) is 40.0 Å². The van der Waals surface area contributed by atoms with Gasteiger partial charge in [0, 0.05) is 11.6 Å². The van der Waals surface area contributed by atoms with Gasteiger partial charge in [0.25, 0.3) is 0 Å². The zero-order valence-corrected chi connectivity index (χ0v) is 11.0. The Hall–Kier alpha value is -1.32. The van der Waals surface area contributed by atoms with Crippen LogP contribution in [0.3, 0.4) is 0 Å². The molecular weight excluding hydrogens is 218 g/mol. The van der Waals surface area contributed by atoms with Gasteiger partial charge >= 0.3 is 5.97 Å². The van der Waals surface area contributed by atoms with Crippen LogP contribution >= 0.6 is 0 Å². The minimum absolute atomic E-state index is 0.0642. The van der Waals surface area contributed by atoms with E-state index in [0.717, 1.165) is 31.8 Å². The van der Waals surface area contributed by atoms with Crippen molar-refractivity contribution in [3.63, 3.8) is 0 Å². The van der Waals surface area contributed by atoms with Crippen molar-refractivity contribution in [1.82, 2.24) is 0 Å². The van der Waals surface area contributed by atoms with E-state index in [0.29, 0.717) is 12.2 Å². The van der Waals surface area contributed by atoms with E-state index in [1.54, 1.807) is 0 Å². The molecule has 0 saturated heterocycles. The van der Waals surface area contributed by atoms with Crippen LogP contribution in [0.4, 0.5) is 0 Å². The Balaban J connectivity index is 4.13. The van der Waals surface area contributed by atoms with Crippen molar-refractivity contribution in [2.24, 2.45) is 11.7 Å². The van der Waals surface area contributed by atoms with Crippen molar-refractivity contribution >= 4 is 11.9 Å². The van der Waals surface area contributed by atoms with Gasteiger partial charge in [0.1, 0.15) is 0 Å². The van der Waals surface area contributed by atoms with Gasteiger partial charge < -0.3 is 10.5 Å². The normalized spacial score (nSPS) is 11.6. The Bertz CT molecular complexity index is 282. The molecule has 0 saturated carbocycles. The topological polar surface area (TPSA) is 69.4 Å². The van der Waals surface area contributed by atoms with Crippen LogP contribution in [0, 0.1) is 5.92 Å². The van der Waals surface area contributed by atoms with Crippen molar-refractivity contribution in [3.05, 3.63) is 11.6 Å². The van der Waals surface area contributed by atoms with Crippen LogP contribution in [0.1, 0.15) is 46.5 Å². The van der Waals surface area contributed by atoms with Gasteiger partial charge in [0.05, 0.1) is 6.61 Å². The van der Waals surface area contributed by atoms with Gasteiger partial charge in [0.15, 0.2) is 0 Å². The number of nitrogens with two attached hydrogens (primary N) is 1. The highest BCUT2D eigenvalue weighted by Gasteiger charge is 2.15. The molecule has 0 atom stereocenters. The number of amides is 1. The molecular formula is C13H23NO3. The maximum atomic E-state index is 11.7. The molecule has 0 aromatic rings. The van der Waals surface area contributed by atoms with Crippen LogP contribution in [-0.2, 0) is 14.3 Å². The molecule has 0 aromatic heterocycles. The molecule has 2 N–H and O–H groups in total. The van der Waals surface area contributed by atoms with Crippen molar-refractivity contribution in [3.8, 4) is 0 Å². The summed E-state index contributed by atoms with van der Waals surface area (Å²) >= 11 is 0. The molecule has 0 heterocycles. The Morgan fingerprint density at radius 1 is 1.24 bits per heavy atom. The van der Waals surface area contributed by atoms with Gasteiger partial charge in [-0.25, -0.2) is 4.79 Å². The van der Waals surface area contributed by atoms with Gasteiger partial charge in [0.2, 0.25) is 5.91 Å². The summed E-state index contributed by atoms with van der Waals surface area (Å²) in [7, 11) is 0. The first kappa shape index (κ1) is 15.7. The van der Waals surface area contributed by atoms with Gasteiger partial charge in [-0.3, -0.25) is 4.79 Å². The lowest BCUT2D eigenvalue weighted by atomic mass is 10.0. The van der Waals surface area contributed by atoms with E-state index in [4.69, 9.17) is 10.5 Å². The average molecular weight is 241 g/mol. The second kappa shape index (κ2) is 8.79. The third kappa shape index (κ3) is 7.55. The Kier molecular flexibility index (Phi) is 8.11. The van der Waals surface area contributed by atoms with Gasteiger partial charge in [-0.2, -0.15) is 0 Å². The van der Waals surface area contributed by atoms with E-state index in [2.05, 4.69) is 6.92 Å². The predicted molar refractivity (Wildman–Crippen MR) is 67.2 cm³/mol. The first-order valence-electron chi connectivity index (χ1n) is 6.17. The quantitative estimate of drug-likeness (QED) is 0.402. The Morgan fingerprint density at radius 3 is 2.35 bits per heavy atom. The minimum atomic E-state index is -0.614. The van der Waals surface area contributed by atoms with Crippen LogP contribution in [0.25, 0.3) is 0 Å². The number of carbonyl (C=O) groups excluding carboxylic acids is 2. The van der Waals surface area contributed by atoms with Crippen LogP contribution in [-0.4, -0.2) is 18.5 Å². The first-order valence-corrected chi connectivity index (χ1v) is 6.17. The molecule has 1 amide bonds. The molecule has 0 aromatic carbocycles. The summed E-state index contributed by atoms with van der Waals surface area (Å²) in [6.45, 7) is 6.18. The fourth-order valence-electron chi connectivity index (χ4n) is 1.39. The lowest BCUT2D eigenvalue weighted by Gasteiger charge is -2.10. The largest absolute Gasteiger partial charge is 0.462 e. The molecule has 0 spiro atoms. The summed E-state index contributed by atoms with van der Waals surface area (Å²) in [6.07, 6.45) is 5.36. The molecule has 4 nitrogen and oxygen atoms in total. The second-order valence-electron chi connectivity index (χ2n) is 4.35. The first-order chi connectivity index (χ1) is 7.99. The zero-order chi connectivity index (χ0) is 13.3. The summed E-state index contributed by atoms with van der Waals surface area (Å²) in [6, 6.07) is 0. The van der Waals surface area contributed by atoms with Crippen molar-refractivity contribution in [1.29, 1.82) is 0 Å². The van der Waals surface area contributed by atoms with E-state index in [1.807, 2.05) is 13.8 Å². The fourth-order valence-corrected chi connectivity index (χ4v) is 1.39. The van der Waals surface area contributed by atoms with E-state index >= 15 is 0 Å². The lowest BCUT2D eigenvalue weighted by molar-refractivity contribution is -0.140. The smallest absolute Gasteiger partial charge is 0.334 e. The van der Waals surface area contributed by atoms with E-state index in [1.165, 1.54) is 0 Å². The molecule has 0 aliphatic carbocycles. The number of hydrogen-bond donors (Lipinski definition) is 1. The van der Waals surface area contributed by atoms with Gasteiger partial charge in [-0.15, -0.1) is 0 Å². The predicted octanol–water partition coefficient (Wildman–Crippen LogP) is 2.18. The molecule has 0 radical (unpaired) electrons. The highest BCUT2D eigenvalue weighted by atomic mass is 16.5. The number of esters is 1. The minimum Gasteiger partial charge on any atom is -0.462 e. The van der Waals surface area contributed by atoms with Crippen molar-refractivity contribution in [2.75, 3.05) is 6.61 Å². The SMILES string of the molecule is CCCCCCOC(=O)/C(=C\C(N)=O)C(C)C. The number of primary amides is 1. The Labute approximate surface area is 103 Å². The number of ether oxygens (including phenoxy) is 1. The van der Waals surface area contributed by atoms with Crippen LogP contribution in [0.15, 0.2) is 11.6 Å². The van der Waals surface area contributed by atoms with Gasteiger partial charge in [-0.05, 0) is 12.3 Å². The molecule has 17 heavy (non-hydrogen) atoms. The molecule has 0 rings (SSSR count). The van der Waals surface area contributed by atoms with Crippen LogP contribution in [0.2, 0.25) is 0 Å². The van der Waals surface area contributed by atoms with E-state index in [9.17, 15) is 9.59 Å².